The van der Waals surface area contributed by atoms with E-state index in [2.05, 4.69) is 0 Å². The smallest absolute Gasteiger partial charge is 0.0127 e. The van der Waals surface area contributed by atoms with Crippen LogP contribution in [0.15, 0.2) is 0 Å². The van der Waals surface area contributed by atoms with Crippen molar-refractivity contribution in [2.75, 3.05) is 6.54 Å². The number of nitrogens with two attached hydrogens (primary N) is 2. The lowest BCUT2D eigenvalue weighted by Crippen LogP contribution is -2.49. The molecule has 0 heterocycles. The summed E-state index contributed by atoms with van der Waals surface area (Å²) in [6.45, 7) is 0.865. The SMILES string of the molecule is NCC[C@H]1CCC[C@@]2(C1)[C@H]1CC[C@H](C1)[C@@H]2N. The third-order valence-corrected chi connectivity index (χ3v) is 5.96. The minimum Gasteiger partial charge on any atom is -0.330 e. The van der Waals surface area contributed by atoms with E-state index in [1.54, 1.807) is 0 Å². The Kier molecular flexibility index (Phi) is 2.75. The molecule has 0 radical (unpaired) electrons. The molecule has 1 spiro atoms. The Morgan fingerprint density at radius 2 is 2.06 bits per heavy atom. The first kappa shape index (κ1) is 11.0. The summed E-state index contributed by atoms with van der Waals surface area (Å²) in [7, 11) is 0. The first-order valence-electron chi connectivity index (χ1n) is 7.22. The Bertz CT molecular complexity index is 259. The van der Waals surface area contributed by atoms with Crippen LogP contribution in [0.5, 0.6) is 0 Å². The molecule has 3 rings (SSSR count). The number of fused-ring (bicyclic) bond motifs is 3. The lowest BCUT2D eigenvalue weighted by atomic mass is 9.59. The maximum absolute atomic E-state index is 6.56. The van der Waals surface area contributed by atoms with Crippen molar-refractivity contribution in [2.24, 2.45) is 34.6 Å². The molecule has 0 aromatic heterocycles. The average Bonchev–Trinajstić information content (AvgIpc) is 2.84. The van der Waals surface area contributed by atoms with Crippen LogP contribution in [0.2, 0.25) is 0 Å². The second kappa shape index (κ2) is 3.99. The molecular weight excluding hydrogens is 196 g/mol. The average molecular weight is 222 g/mol. The first-order valence-corrected chi connectivity index (χ1v) is 7.22. The lowest BCUT2D eigenvalue weighted by Gasteiger charge is -2.48. The fraction of sp³-hybridized carbons (Fsp3) is 1.00. The van der Waals surface area contributed by atoms with Crippen LogP contribution in [-0.4, -0.2) is 12.6 Å². The highest BCUT2D eigenvalue weighted by atomic mass is 14.8. The van der Waals surface area contributed by atoms with Crippen molar-refractivity contribution >= 4 is 0 Å². The maximum atomic E-state index is 6.56. The van der Waals surface area contributed by atoms with Gasteiger partial charge in [-0.15, -0.1) is 0 Å². The summed E-state index contributed by atoms with van der Waals surface area (Å²) < 4.78 is 0. The van der Waals surface area contributed by atoms with Crippen molar-refractivity contribution in [2.45, 2.75) is 57.4 Å². The molecule has 3 fully saturated rings. The van der Waals surface area contributed by atoms with Crippen molar-refractivity contribution in [1.82, 2.24) is 0 Å². The quantitative estimate of drug-likeness (QED) is 0.753. The highest BCUT2D eigenvalue weighted by molar-refractivity contribution is 5.10. The van der Waals surface area contributed by atoms with Crippen molar-refractivity contribution in [3.05, 3.63) is 0 Å². The number of rotatable bonds is 2. The summed E-state index contributed by atoms with van der Waals surface area (Å²) in [5.74, 6) is 2.71. The molecule has 16 heavy (non-hydrogen) atoms. The van der Waals surface area contributed by atoms with E-state index in [0.717, 1.165) is 24.3 Å². The summed E-state index contributed by atoms with van der Waals surface area (Å²) in [6.07, 6.45) is 11.2. The molecule has 3 saturated carbocycles. The molecule has 2 bridgehead atoms. The number of hydrogen-bond donors (Lipinski definition) is 2. The van der Waals surface area contributed by atoms with Gasteiger partial charge in [-0.25, -0.2) is 0 Å². The van der Waals surface area contributed by atoms with Crippen LogP contribution in [0.3, 0.4) is 0 Å². The fourth-order valence-corrected chi connectivity index (χ4v) is 5.22. The molecule has 5 atom stereocenters. The summed E-state index contributed by atoms with van der Waals surface area (Å²) in [4.78, 5) is 0. The minimum absolute atomic E-state index is 0.520. The molecule has 3 aliphatic carbocycles. The van der Waals surface area contributed by atoms with Crippen LogP contribution in [0.25, 0.3) is 0 Å². The van der Waals surface area contributed by atoms with Gasteiger partial charge in [-0.05, 0) is 68.2 Å². The molecule has 0 aromatic carbocycles. The predicted octanol–water partition coefficient (Wildman–Crippen LogP) is 2.27. The third-order valence-electron chi connectivity index (χ3n) is 5.96. The topological polar surface area (TPSA) is 52.0 Å². The van der Waals surface area contributed by atoms with E-state index in [9.17, 15) is 0 Å². The molecule has 4 N–H and O–H groups in total. The van der Waals surface area contributed by atoms with Crippen molar-refractivity contribution in [1.29, 1.82) is 0 Å². The van der Waals surface area contributed by atoms with Gasteiger partial charge in [0.15, 0.2) is 0 Å². The van der Waals surface area contributed by atoms with Crippen LogP contribution in [0.1, 0.15) is 51.4 Å². The Labute approximate surface area is 99.1 Å². The summed E-state index contributed by atoms with van der Waals surface area (Å²) in [5.41, 5.74) is 12.8. The van der Waals surface area contributed by atoms with Gasteiger partial charge in [0.1, 0.15) is 0 Å². The molecule has 0 saturated heterocycles. The maximum Gasteiger partial charge on any atom is 0.0127 e. The number of hydrogen-bond acceptors (Lipinski definition) is 2. The molecule has 92 valence electrons. The minimum atomic E-state index is 0.520. The van der Waals surface area contributed by atoms with Crippen LogP contribution in [0.4, 0.5) is 0 Å². The zero-order chi connectivity index (χ0) is 11.2. The molecule has 2 nitrogen and oxygen atoms in total. The first-order chi connectivity index (χ1) is 7.76. The van der Waals surface area contributed by atoms with Gasteiger partial charge >= 0.3 is 0 Å². The molecule has 0 aliphatic heterocycles. The van der Waals surface area contributed by atoms with Gasteiger partial charge in [-0.2, -0.15) is 0 Å². The van der Waals surface area contributed by atoms with E-state index in [-0.39, 0.29) is 0 Å². The van der Waals surface area contributed by atoms with E-state index < -0.39 is 0 Å². The Hall–Kier alpha value is -0.0800. The van der Waals surface area contributed by atoms with Crippen LogP contribution < -0.4 is 11.5 Å². The van der Waals surface area contributed by atoms with Crippen LogP contribution >= 0.6 is 0 Å². The lowest BCUT2D eigenvalue weighted by molar-refractivity contribution is 0.0465. The molecular formula is C14H26N2. The third kappa shape index (κ3) is 1.46. The van der Waals surface area contributed by atoms with Gasteiger partial charge in [-0.3, -0.25) is 0 Å². The second-order valence-electron chi connectivity index (χ2n) is 6.57. The summed E-state index contributed by atoms with van der Waals surface area (Å²) in [5, 5.41) is 0. The van der Waals surface area contributed by atoms with Gasteiger partial charge in [0.25, 0.3) is 0 Å². The molecule has 2 heteroatoms. The zero-order valence-corrected chi connectivity index (χ0v) is 10.3. The van der Waals surface area contributed by atoms with Crippen molar-refractivity contribution in [3.8, 4) is 0 Å². The van der Waals surface area contributed by atoms with E-state index in [4.69, 9.17) is 11.5 Å². The monoisotopic (exact) mass is 222 g/mol. The van der Waals surface area contributed by atoms with Crippen molar-refractivity contribution < 1.29 is 0 Å². The predicted molar refractivity (Wildman–Crippen MR) is 66.9 cm³/mol. The molecule has 0 amide bonds. The van der Waals surface area contributed by atoms with Gasteiger partial charge in [0.2, 0.25) is 0 Å². The Morgan fingerprint density at radius 1 is 1.19 bits per heavy atom. The van der Waals surface area contributed by atoms with E-state index in [1.165, 1.54) is 51.4 Å². The van der Waals surface area contributed by atoms with Gasteiger partial charge in [0, 0.05) is 6.04 Å². The Morgan fingerprint density at radius 3 is 2.75 bits per heavy atom. The fourth-order valence-electron chi connectivity index (χ4n) is 5.22. The van der Waals surface area contributed by atoms with E-state index >= 15 is 0 Å². The van der Waals surface area contributed by atoms with E-state index in [1.807, 2.05) is 0 Å². The molecule has 3 aliphatic rings. The summed E-state index contributed by atoms with van der Waals surface area (Å²) >= 11 is 0. The van der Waals surface area contributed by atoms with Gasteiger partial charge < -0.3 is 11.5 Å². The highest BCUT2D eigenvalue weighted by Crippen LogP contribution is 2.61. The zero-order valence-electron chi connectivity index (χ0n) is 10.3. The Balaban J connectivity index is 1.77. The highest BCUT2D eigenvalue weighted by Gasteiger charge is 2.57. The van der Waals surface area contributed by atoms with E-state index in [0.29, 0.717) is 11.5 Å². The van der Waals surface area contributed by atoms with Crippen LogP contribution in [0, 0.1) is 23.2 Å². The van der Waals surface area contributed by atoms with Crippen molar-refractivity contribution in [3.63, 3.8) is 0 Å². The molecule has 0 unspecified atom stereocenters. The second-order valence-corrected chi connectivity index (χ2v) is 6.57. The standard InChI is InChI=1S/C14H26N2/c15-7-5-10-2-1-6-14(9-10)12-4-3-11(8-12)13(14)16/h10-13H,1-9,15-16H2/t10-,11-,12+,13+,14-/m1/s1. The van der Waals surface area contributed by atoms with Gasteiger partial charge in [-0.1, -0.05) is 12.8 Å². The van der Waals surface area contributed by atoms with Gasteiger partial charge in [0.05, 0.1) is 0 Å². The normalized spacial score (nSPS) is 51.4. The molecule has 0 aromatic rings. The van der Waals surface area contributed by atoms with Crippen LogP contribution in [-0.2, 0) is 0 Å². The summed E-state index contributed by atoms with van der Waals surface area (Å²) in [6, 6.07) is 0.520. The largest absolute Gasteiger partial charge is 0.330 e.